The number of unbranched alkanes of at least 4 members (excludes halogenated alkanes) is 2. The lowest BCUT2D eigenvalue weighted by Gasteiger charge is -2.36. The van der Waals surface area contributed by atoms with Crippen LogP contribution in [0.4, 0.5) is 0 Å². The number of para-hydroxylation sites is 2. The van der Waals surface area contributed by atoms with Crippen LogP contribution in [0.1, 0.15) is 135 Å². The third-order valence-corrected chi connectivity index (χ3v) is 24.8. The molecule has 3 aliphatic heterocycles. The van der Waals surface area contributed by atoms with Crippen LogP contribution in [0.15, 0.2) is 85.2 Å². The number of aliphatic carboxylic acids is 2. The van der Waals surface area contributed by atoms with Crippen molar-refractivity contribution in [2.24, 2.45) is 28.9 Å². The van der Waals surface area contributed by atoms with E-state index in [0.717, 1.165) is 24.5 Å². The summed E-state index contributed by atoms with van der Waals surface area (Å²) in [7, 11) is 3.70. The van der Waals surface area contributed by atoms with Crippen molar-refractivity contribution in [2.75, 3.05) is 65.4 Å². The number of amides is 17. The summed E-state index contributed by atoms with van der Waals surface area (Å²) in [4.78, 5) is 282. The minimum atomic E-state index is -2.05. The molecular formula is C89H125N21O23S. The SMILES string of the molecule is CCCC[C@H]1C(=O)N(C)[C@@H](CCCC)C(=O)N[C@@H](CC(=O)O)C(=O)N[C@H](C(=O)NCC(N)=O)CSCC(=O)N[C@@H](Cc2ccc(O)cc2)C(=O)N(C)[C@@H](C)C(=O)N[C@@H](CC(N)=O)C(=O)N2CCCC2C(=O)N[C@@H](CN)C(=O)N[C@@H](CC(C)C)C(=O)N2C[C@H](O)C[C@H]2C(=O)N[C@@H](Cc2c[nH]c3ccccc23)C(=O)N[C@@H](CCN)C(=O)N[C@@H](Cc2cn(CC(=O)O)c3ccccc23)C(=O)N1C. The highest BCUT2D eigenvalue weighted by molar-refractivity contribution is 8.00. The first-order valence-corrected chi connectivity index (χ1v) is 45.7. The number of nitrogens with one attached hydrogen (secondary N) is 11. The van der Waals surface area contributed by atoms with Crippen LogP contribution in [0.3, 0.4) is 0 Å². The van der Waals surface area contributed by atoms with Gasteiger partial charge in [0.15, 0.2) is 0 Å². The number of carboxylic acid groups (broad SMARTS) is 2. The number of aromatic amines is 1. The number of rotatable bonds is 26. The average Bonchev–Trinajstić information content (AvgIpc) is 1.64. The second-order valence-corrected chi connectivity index (χ2v) is 35.3. The lowest BCUT2D eigenvalue weighted by Crippen LogP contribution is -2.62. The van der Waals surface area contributed by atoms with Gasteiger partial charge in [0.05, 0.1) is 31.2 Å². The Morgan fingerprint density at radius 2 is 1.10 bits per heavy atom. The Kier molecular flexibility index (Phi) is 39.6. The number of primary amides is 2. The van der Waals surface area contributed by atoms with Gasteiger partial charge in [0.25, 0.3) is 0 Å². The Hall–Kier alpha value is -13.3. The number of thioether (sulfide) groups is 1. The van der Waals surface area contributed by atoms with Crippen molar-refractivity contribution in [3.8, 4) is 5.75 Å². The van der Waals surface area contributed by atoms with E-state index in [0.29, 0.717) is 63.1 Å². The van der Waals surface area contributed by atoms with Gasteiger partial charge in [-0.2, -0.15) is 0 Å². The van der Waals surface area contributed by atoms with Crippen molar-refractivity contribution < 1.29 is 112 Å². The molecule has 1 unspecified atom stereocenters. The molecule has 3 saturated heterocycles. The number of carbonyl (C=O) groups excluding carboxylic acids is 17. The second kappa shape index (κ2) is 50.0. The molecule has 3 aromatic carbocycles. The first-order chi connectivity index (χ1) is 63.6. The van der Waals surface area contributed by atoms with Crippen molar-refractivity contribution in [1.82, 2.24) is 87.2 Å². The molecule has 44 nitrogen and oxygen atoms in total. The number of aliphatic hydroxyl groups is 1. The lowest BCUT2D eigenvalue weighted by molar-refractivity contribution is -0.149. The second-order valence-electron chi connectivity index (χ2n) is 34.3. The summed E-state index contributed by atoms with van der Waals surface area (Å²) >= 11 is 0.669. The summed E-state index contributed by atoms with van der Waals surface area (Å²) in [5.41, 5.74) is 25.6. The van der Waals surface area contributed by atoms with Gasteiger partial charge in [-0.15, -0.1) is 11.8 Å². The Bertz CT molecular complexity index is 5110. The van der Waals surface area contributed by atoms with Crippen LogP contribution < -0.4 is 76.1 Å². The number of nitrogens with two attached hydrogens (primary N) is 4. The summed E-state index contributed by atoms with van der Waals surface area (Å²) in [6.45, 7) is 5.38. The summed E-state index contributed by atoms with van der Waals surface area (Å²) in [6, 6.07) is -3.84. The van der Waals surface area contributed by atoms with Gasteiger partial charge in [0, 0.05) is 106 Å². The van der Waals surface area contributed by atoms with Crippen molar-refractivity contribution in [3.05, 3.63) is 102 Å². The molecule has 0 saturated carbocycles. The monoisotopic (exact) mass is 1890 g/mol. The smallest absolute Gasteiger partial charge is 0.323 e. The molecule has 730 valence electrons. The van der Waals surface area contributed by atoms with E-state index in [1.807, 2.05) is 0 Å². The molecule has 3 fully saturated rings. The Labute approximate surface area is 777 Å². The van der Waals surface area contributed by atoms with Gasteiger partial charge in [-0.1, -0.05) is 102 Å². The van der Waals surface area contributed by atoms with Crippen LogP contribution in [-0.2, 0) is 117 Å². The van der Waals surface area contributed by atoms with Crippen molar-refractivity contribution in [3.63, 3.8) is 0 Å². The summed E-state index contributed by atoms with van der Waals surface area (Å²) in [5, 5.41) is 68.6. The van der Waals surface area contributed by atoms with E-state index in [2.05, 4.69) is 58.2 Å². The molecule has 3 aliphatic rings. The highest BCUT2D eigenvalue weighted by Crippen LogP contribution is 2.29. The van der Waals surface area contributed by atoms with Crippen LogP contribution in [0.25, 0.3) is 21.8 Å². The van der Waals surface area contributed by atoms with Crippen molar-refractivity contribution >= 4 is 146 Å². The number of nitrogens with zero attached hydrogens (tertiary/aromatic N) is 6. The summed E-state index contributed by atoms with van der Waals surface area (Å²) in [6.07, 6.45) is -0.993. The van der Waals surface area contributed by atoms with Gasteiger partial charge in [-0.05, 0) is 98.9 Å². The number of hydrogen-bond acceptors (Lipinski definition) is 24. The molecular weight excluding hydrogens is 1760 g/mol. The van der Waals surface area contributed by atoms with Crippen LogP contribution in [0, 0.1) is 5.92 Å². The van der Waals surface area contributed by atoms with Crippen LogP contribution in [-0.4, -0.2) is 323 Å². The van der Waals surface area contributed by atoms with Gasteiger partial charge < -0.3 is 131 Å². The predicted octanol–water partition coefficient (Wildman–Crippen LogP) is -3.81. The van der Waals surface area contributed by atoms with Gasteiger partial charge >= 0.3 is 11.9 Å². The largest absolute Gasteiger partial charge is 0.508 e. The number of aliphatic hydroxyl groups excluding tert-OH is 1. The number of benzene rings is 3. The Balaban J connectivity index is 1.21. The first-order valence-electron chi connectivity index (χ1n) is 44.6. The van der Waals surface area contributed by atoms with E-state index in [1.165, 1.54) is 63.1 Å². The zero-order valence-electron chi connectivity index (χ0n) is 76.2. The highest BCUT2D eigenvalue weighted by atomic mass is 32.2. The molecule has 134 heavy (non-hydrogen) atoms. The maximum atomic E-state index is 15.9. The number of phenols is 1. The molecule has 0 aliphatic carbocycles. The van der Waals surface area contributed by atoms with E-state index in [9.17, 15) is 78.0 Å². The first kappa shape index (κ1) is 106. The number of carboxylic acids is 2. The fourth-order valence-electron chi connectivity index (χ4n) is 16.5. The summed E-state index contributed by atoms with van der Waals surface area (Å²) < 4.78 is 1.41. The number of likely N-dealkylation sites (N-methyl/N-ethyl adjacent to an activating group) is 3. The molecule has 5 heterocycles. The third-order valence-electron chi connectivity index (χ3n) is 23.7. The molecule has 23 N–H and O–H groups in total. The van der Waals surface area contributed by atoms with E-state index in [-0.39, 0.29) is 89.0 Å². The number of phenolic OH excluding ortho intramolecular Hbond substituents is 1. The third kappa shape index (κ3) is 29.1. The number of carbonyl (C=O) groups is 19. The number of aromatic hydroxyl groups is 1. The molecule has 0 radical (unpaired) electrons. The zero-order chi connectivity index (χ0) is 98.6. The molecule has 5 aromatic rings. The molecule has 8 rings (SSSR count). The Morgan fingerprint density at radius 1 is 0.545 bits per heavy atom. The van der Waals surface area contributed by atoms with Gasteiger partial charge in [0.2, 0.25) is 100 Å². The normalized spacial score (nSPS) is 24.9. The topological polar surface area (TPSA) is 667 Å². The Morgan fingerprint density at radius 3 is 1.75 bits per heavy atom. The summed E-state index contributed by atoms with van der Waals surface area (Å²) in [5.74, 6) is -21.8. The average molecular weight is 1890 g/mol. The molecule has 45 heteroatoms. The number of hydrogen-bond donors (Lipinski definition) is 19. The number of aromatic nitrogens is 2. The lowest BCUT2D eigenvalue weighted by atomic mass is 9.99. The van der Waals surface area contributed by atoms with E-state index in [4.69, 9.17) is 22.9 Å². The fourth-order valence-corrected chi connectivity index (χ4v) is 17.3. The molecule has 0 bridgehead atoms. The predicted molar refractivity (Wildman–Crippen MR) is 487 cm³/mol. The van der Waals surface area contributed by atoms with E-state index < -0.39 is 266 Å². The minimum Gasteiger partial charge on any atom is -0.508 e. The molecule has 17 amide bonds. The zero-order valence-corrected chi connectivity index (χ0v) is 77.1. The van der Waals surface area contributed by atoms with Crippen LogP contribution in [0.5, 0.6) is 5.75 Å². The quantitative estimate of drug-likeness (QED) is 0.0252. The van der Waals surface area contributed by atoms with Crippen molar-refractivity contribution in [2.45, 2.75) is 235 Å². The minimum absolute atomic E-state index is 0.0344. The number of fused-ring (bicyclic) bond motifs is 4. The molecule has 2 aromatic heterocycles. The standard InChI is InChI=1S/C89H125N21O23S/c1-9-11-21-67-82(126)99-59(38-74(116)117)80(124)104-65(77(121)95-41-72(93)114)45-134-46-73(115)96-61(33-49-25-27-52(111)28-26-49)85(129)105(6)48(5)76(120)100-63(37-71(92)113)87(131)109-31-17-24-68(109)83(127)103-64(39-91)81(125)101-60(32-47(3)4)88(132)110-43-53(112)36-70(110)84(128)98-58(34-50-40-94-56-20-15-13-18-54(50)56)79(123)97-57(29-30-90)78(122)102-62(86(130)107(8)69(22-12-10-2)89(133)106(67)7)35-51-42-108(44-75(118)119)66-23-16-14-19-55(51)66/h13-16,18-20,23,25-28,40,42,47-48,53,57-65,67-70,94,111-112H,9-12,17,21-22,24,29-39,41,43-46,90-91H2,1-8H3,(H2,92,113)(H2,93,114)(H,95,121)(H,96,115)(H,97,123)(H,98,128)(H,99,126)(H,100,120)(H,101,125)(H,102,122)(H,103,127)(H,104,124)(H,116,117)(H,118,119)/t48-,53+,57-,58-,59-,60-,61-,62-,63-,64-,65-,67-,68?,69-,70-/m0/s1. The van der Waals surface area contributed by atoms with Gasteiger partial charge in [0.1, 0.15) is 96.9 Å². The fraction of sp³-hybridized carbons (Fsp3) is 0.539. The maximum absolute atomic E-state index is 15.9. The van der Waals surface area contributed by atoms with Gasteiger partial charge in [-0.3, -0.25) is 91.1 Å². The molecule has 15 atom stereocenters. The highest BCUT2D eigenvalue weighted by Gasteiger charge is 2.47. The van der Waals surface area contributed by atoms with Crippen LogP contribution in [0.2, 0.25) is 0 Å². The molecule has 0 spiro atoms. The van der Waals surface area contributed by atoms with Gasteiger partial charge in [-0.25, -0.2) is 0 Å². The van der Waals surface area contributed by atoms with Crippen molar-refractivity contribution in [1.29, 1.82) is 0 Å². The van der Waals surface area contributed by atoms with Crippen LogP contribution >= 0.6 is 11.8 Å². The van der Waals surface area contributed by atoms with E-state index in [1.54, 1.807) is 82.4 Å². The number of H-pyrrole nitrogens is 1. The van der Waals surface area contributed by atoms with E-state index >= 15 is 33.6 Å². The maximum Gasteiger partial charge on any atom is 0.323 e.